The van der Waals surface area contributed by atoms with Gasteiger partial charge in [0.25, 0.3) is 0 Å². The first kappa shape index (κ1) is 7.95. The molecule has 0 spiro atoms. The molecule has 0 saturated heterocycles. The third kappa shape index (κ3) is 1.67. The minimum Gasteiger partial charge on any atom is -0.378 e. The quantitative estimate of drug-likeness (QED) is 0.642. The fourth-order valence-corrected chi connectivity index (χ4v) is 1.28. The van der Waals surface area contributed by atoms with E-state index in [9.17, 15) is 4.39 Å². The third-order valence-electron chi connectivity index (χ3n) is 1.82. The van der Waals surface area contributed by atoms with Gasteiger partial charge in [0, 0.05) is 12.6 Å². The molecule has 0 heterocycles. The number of hydrogen-bond acceptors (Lipinski definition) is 2. The average Bonchev–Trinajstić information content (AvgIpc) is 1.81. The van der Waals surface area contributed by atoms with E-state index in [0.717, 1.165) is 0 Å². The van der Waals surface area contributed by atoms with Gasteiger partial charge in [-0.15, -0.1) is 0 Å². The van der Waals surface area contributed by atoms with Crippen molar-refractivity contribution in [2.75, 3.05) is 13.2 Å². The molecule has 0 radical (unpaired) electrons. The second kappa shape index (κ2) is 2.84. The molecular weight excluding hydrogens is 133 g/mol. The largest absolute Gasteiger partial charge is 0.378 e. The highest BCUT2D eigenvalue weighted by molar-refractivity contribution is 4.96. The lowest BCUT2D eigenvalue weighted by Gasteiger charge is -2.38. The maximum atomic E-state index is 13.1. The maximum Gasteiger partial charge on any atom is 0.137 e. The van der Waals surface area contributed by atoms with E-state index in [1.54, 1.807) is 0 Å². The van der Waals surface area contributed by atoms with E-state index >= 15 is 0 Å². The Morgan fingerprint density at radius 1 is 1.70 bits per heavy atom. The molecule has 0 unspecified atom stereocenters. The van der Waals surface area contributed by atoms with Crippen molar-refractivity contribution in [3.05, 3.63) is 0 Å². The van der Waals surface area contributed by atoms with Gasteiger partial charge in [0.2, 0.25) is 0 Å². The van der Waals surface area contributed by atoms with Gasteiger partial charge in [-0.3, -0.25) is 0 Å². The molecule has 1 saturated carbocycles. The molecule has 2 N–H and O–H groups in total. The number of ether oxygens (including phenoxy) is 1. The molecule has 0 aromatic rings. The van der Waals surface area contributed by atoms with Crippen LogP contribution in [0.4, 0.5) is 4.39 Å². The van der Waals surface area contributed by atoms with Gasteiger partial charge in [0.05, 0.1) is 6.61 Å². The van der Waals surface area contributed by atoms with Crippen molar-refractivity contribution in [2.24, 2.45) is 5.73 Å². The van der Waals surface area contributed by atoms with E-state index in [1.165, 1.54) is 0 Å². The molecule has 0 amide bonds. The second-order valence-corrected chi connectivity index (χ2v) is 2.96. The molecule has 1 fully saturated rings. The van der Waals surface area contributed by atoms with E-state index in [0.29, 0.717) is 19.4 Å². The minimum absolute atomic E-state index is 0.0606. The third-order valence-corrected chi connectivity index (χ3v) is 1.82. The molecule has 0 bridgehead atoms. The lowest BCUT2D eigenvalue weighted by Crippen LogP contribution is -2.51. The summed E-state index contributed by atoms with van der Waals surface area (Å²) >= 11 is 0. The molecule has 0 aliphatic heterocycles. The summed E-state index contributed by atoms with van der Waals surface area (Å²) in [5, 5.41) is 0. The van der Waals surface area contributed by atoms with Crippen molar-refractivity contribution in [3.63, 3.8) is 0 Å². The summed E-state index contributed by atoms with van der Waals surface area (Å²) in [4.78, 5) is 0. The summed E-state index contributed by atoms with van der Waals surface area (Å²) in [6.07, 6.45) is 0.931. The Bertz CT molecular complexity index is 112. The Hall–Kier alpha value is -0.150. The summed E-state index contributed by atoms with van der Waals surface area (Å²) in [6, 6.07) is 0.0606. The molecule has 3 heteroatoms. The Morgan fingerprint density at radius 2 is 2.30 bits per heavy atom. The summed E-state index contributed by atoms with van der Waals surface area (Å²) in [5.74, 6) is 0. The zero-order chi connectivity index (χ0) is 7.61. The average molecular weight is 147 g/mol. The Morgan fingerprint density at radius 3 is 2.70 bits per heavy atom. The van der Waals surface area contributed by atoms with Gasteiger partial charge >= 0.3 is 0 Å². The predicted molar refractivity (Wildman–Crippen MR) is 37.5 cm³/mol. The van der Waals surface area contributed by atoms with Crippen LogP contribution < -0.4 is 5.73 Å². The maximum absolute atomic E-state index is 13.1. The standard InChI is InChI=1S/C7H14FNO/c1-2-10-5-7(8)3-6(9)4-7/h6H,2-5,9H2,1H3. The molecule has 1 rings (SSSR count). The van der Waals surface area contributed by atoms with Crippen LogP contribution in [-0.2, 0) is 4.74 Å². The van der Waals surface area contributed by atoms with E-state index in [-0.39, 0.29) is 12.6 Å². The molecule has 1 aliphatic carbocycles. The number of alkyl halides is 1. The van der Waals surface area contributed by atoms with Gasteiger partial charge in [-0.1, -0.05) is 0 Å². The molecule has 10 heavy (non-hydrogen) atoms. The summed E-state index contributed by atoms with van der Waals surface area (Å²) in [7, 11) is 0. The fourth-order valence-electron chi connectivity index (χ4n) is 1.28. The Labute approximate surface area is 60.5 Å². The van der Waals surface area contributed by atoms with Crippen molar-refractivity contribution in [1.29, 1.82) is 0 Å². The molecular formula is C7H14FNO. The molecule has 60 valence electrons. The number of hydrogen-bond donors (Lipinski definition) is 1. The normalized spacial score (nSPS) is 39.3. The first-order valence-corrected chi connectivity index (χ1v) is 3.68. The Kier molecular flexibility index (Phi) is 2.26. The summed E-state index contributed by atoms with van der Waals surface area (Å²) in [5.41, 5.74) is 4.33. The van der Waals surface area contributed by atoms with Crippen LogP contribution >= 0.6 is 0 Å². The van der Waals surface area contributed by atoms with Crippen molar-refractivity contribution >= 4 is 0 Å². The SMILES string of the molecule is CCOCC1(F)CC(N)C1. The monoisotopic (exact) mass is 147 g/mol. The number of rotatable bonds is 3. The Balaban J connectivity index is 2.15. The van der Waals surface area contributed by atoms with Gasteiger partial charge in [-0.2, -0.15) is 0 Å². The van der Waals surface area contributed by atoms with E-state index in [4.69, 9.17) is 10.5 Å². The first-order valence-electron chi connectivity index (χ1n) is 3.68. The molecule has 1 aliphatic rings. The van der Waals surface area contributed by atoms with Crippen LogP contribution in [0.15, 0.2) is 0 Å². The zero-order valence-corrected chi connectivity index (χ0v) is 6.27. The lowest BCUT2D eigenvalue weighted by molar-refractivity contribution is -0.0409. The minimum atomic E-state index is -1.10. The fraction of sp³-hybridized carbons (Fsp3) is 1.00. The van der Waals surface area contributed by atoms with Crippen LogP contribution in [-0.4, -0.2) is 24.9 Å². The van der Waals surface area contributed by atoms with Crippen molar-refractivity contribution in [3.8, 4) is 0 Å². The second-order valence-electron chi connectivity index (χ2n) is 2.96. The van der Waals surface area contributed by atoms with E-state index in [1.807, 2.05) is 6.92 Å². The van der Waals surface area contributed by atoms with Gasteiger partial charge in [-0.05, 0) is 19.8 Å². The van der Waals surface area contributed by atoms with Crippen LogP contribution in [0.25, 0.3) is 0 Å². The highest BCUT2D eigenvalue weighted by atomic mass is 19.1. The zero-order valence-electron chi connectivity index (χ0n) is 6.27. The summed E-state index contributed by atoms with van der Waals surface area (Å²) < 4.78 is 18.1. The molecule has 2 nitrogen and oxygen atoms in total. The molecule has 0 aromatic carbocycles. The van der Waals surface area contributed by atoms with Crippen LogP contribution in [0.2, 0.25) is 0 Å². The van der Waals surface area contributed by atoms with Gasteiger partial charge in [0.15, 0.2) is 0 Å². The smallest absolute Gasteiger partial charge is 0.137 e. The number of nitrogens with two attached hydrogens (primary N) is 1. The van der Waals surface area contributed by atoms with Crippen LogP contribution in [0.1, 0.15) is 19.8 Å². The van der Waals surface area contributed by atoms with Gasteiger partial charge < -0.3 is 10.5 Å². The topological polar surface area (TPSA) is 35.2 Å². The van der Waals surface area contributed by atoms with Crippen molar-refractivity contribution in [1.82, 2.24) is 0 Å². The van der Waals surface area contributed by atoms with Crippen molar-refractivity contribution in [2.45, 2.75) is 31.5 Å². The van der Waals surface area contributed by atoms with Gasteiger partial charge in [-0.25, -0.2) is 4.39 Å². The highest BCUT2D eigenvalue weighted by Crippen LogP contribution is 2.34. The lowest BCUT2D eigenvalue weighted by atomic mass is 9.78. The molecule has 0 aromatic heterocycles. The van der Waals surface area contributed by atoms with Crippen LogP contribution in [0.5, 0.6) is 0 Å². The number of halogens is 1. The van der Waals surface area contributed by atoms with E-state index < -0.39 is 5.67 Å². The highest BCUT2D eigenvalue weighted by Gasteiger charge is 2.42. The van der Waals surface area contributed by atoms with Crippen molar-refractivity contribution < 1.29 is 9.13 Å². The van der Waals surface area contributed by atoms with Crippen LogP contribution in [0.3, 0.4) is 0 Å². The predicted octanol–water partition coefficient (Wildman–Crippen LogP) is 0.852. The van der Waals surface area contributed by atoms with Crippen LogP contribution in [0, 0.1) is 0 Å². The summed E-state index contributed by atoms with van der Waals surface area (Å²) in [6.45, 7) is 2.67. The first-order chi connectivity index (χ1) is 4.66. The van der Waals surface area contributed by atoms with Gasteiger partial charge in [0.1, 0.15) is 5.67 Å². The van der Waals surface area contributed by atoms with E-state index in [2.05, 4.69) is 0 Å². The molecule has 0 atom stereocenters.